The van der Waals surface area contributed by atoms with Crippen LogP contribution in [0.25, 0.3) is 0 Å². The molecule has 0 radical (unpaired) electrons. The third kappa shape index (κ3) is 2.54. The van der Waals surface area contributed by atoms with Crippen molar-refractivity contribution >= 4 is 17.3 Å². The quantitative estimate of drug-likeness (QED) is 0.437. The number of carbonyl (C=O) groups excluding carboxylic acids is 1. The van der Waals surface area contributed by atoms with E-state index in [0.29, 0.717) is 17.1 Å². The summed E-state index contributed by atoms with van der Waals surface area (Å²) in [5, 5.41) is 20.8. The first-order valence-electron chi connectivity index (χ1n) is 5.30. The largest absolute Gasteiger partial charge is 0.411 e. The van der Waals surface area contributed by atoms with Crippen molar-refractivity contribution in [1.29, 1.82) is 0 Å². The molecule has 0 saturated carbocycles. The summed E-state index contributed by atoms with van der Waals surface area (Å²) < 4.78 is 0. The second-order valence-electron chi connectivity index (χ2n) is 3.69. The lowest BCUT2D eigenvalue weighted by Gasteiger charge is -2.05. The highest BCUT2D eigenvalue weighted by atomic mass is 16.4. The van der Waals surface area contributed by atoms with Gasteiger partial charge >= 0.3 is 0 Å². The van der Waals surface area contributed by atoms with Crippen LogP contribution in [0.3, 0.4) is 0 Å². The number of carbonyl (C=O) groups is 1. The molecule has 0 atom stereocenters. The Morgan fingerprint density at radius 3 is 2.94 bits per heavy atom. The topological polar surface area (TPSA) is 90.4 Å². The molecule has 0 saturated heterocycles. The Kier molecular flexibility index (Phi) is 3.38. The van der Waals surface area contributed by atoms with Crippen LogP contribution in [0.15, 0.2) is 41.7 Å². The van der Waals surface area contributed by atoms with Crippen LogP contribution in [0.4, 0.5) is 5.69 Å². The van der Waals surface area contributed by atoms with Gasteiger partial charge < -0.3 is 10.5 Å². The van der Waals surface area contributed by atoms with E-state index in [1.165, 1.54) is 6.20 Å². The summed E-state index contributed by atoms with van der Waals surface area (Å²) in [4.78, 5) is 11.8. The Hall–Kier alpha value is -2.63. The number of rotatable bonds is 3. The lowest BCUT2D eigenvalue weighted by atomic mass is 10.1. The van der Waals surface area contributed by atoms with Gasteiger partial charge in [-0.05, 0) is 25.1 Å². The lowest BCUT2D eigenvalue weighted by molar-refractivity contribution is 0.102. The predicted octanol–water partition coefficient (Wildman–Crippen LogP) is 1.86. The molecule has 0 aliphatic rings. The molecule has 0 unspecified atom stereocenters. The number of oxime groups is 1. The minimum Gasteiger partial charge on any atom is -0.411 e. The van der Waals surface area contributed by atoms with Gasteiger partial charge in [-0.1, -0.05) is 17.3 Å². The summed E-state index contributed by atoms with van der Waals surface area (Å²) >= 11 is 0. The Morgan fingerprint density at radius 2 is 2.28 bits per heavy atom. The highest BCUT2D eigenvalue weighted by Crippen LogP contribution is 2.12. The van der Waals surface area contributed by atoms with Crippen molar-refractivity contribution in [2.45, 2.75) is 6.92 Å². The van der Waals surface area contributed by atoms with Crippen molar-refractivity contribution in [2.24, 2.45) is 5.16 Å². The normalized spacial score (nSPS) is 11.3. The summed E-state index contributed by atoms with van der Waals surface area (Å²) in [6, 6.07) is 8.62. The molecule has 18 heavy (non-hydrogen) atoms. The first-order chi connectivity index (χ1) is 8.70. The number of hydrogen-bond donors (Lipinski definition) is 3. The molecule has 2 rings (SSSR count). The lowest BCUT2D eigenvalue weighted by Crippen LogP contribution is -2.12. The van der Waals surface area contributed by atoms with Crippen LogP contribution < -0.4 is 5.32 Å². The van der Waals surface area contributed by atoms with Crippen molar-refractivity contribution in [1.82, 2.24) is 10.2 Å². The number of aromatic nitrogens is 2. The van der Waals surface area contributed by atoms with Gasteiger partial charge in [-0.3, -0.25) is 9.89 Å². The summed E-state index contributed by atoms with van der Waals surface area (Å²) in [5.41, 5.74) is 2.22. The molecule has 0 fully saturated rings. The van der Waals surface area contributed by atoms with Crippen molar-refractivity contribution in [3.8, 4) is 0 Å². The highest BCUT2D eigenvalue weighted by Gasteiger charge is 2.07. The van der Waals surface area contributed by atoms with E-state index in [2.05, 4.69) is 20.7 Å². The summed E-state index contributed by atoms with van der Waals surface area (Å²) in [5.74, 6) is -0.275. The van der Waals surface area contributed by atoms with Gasteiger partial charge in [0, 0.05) is 17.4 Å². The van der Waals surface area contributed by atoms with Crippen LogP contribution in [0.5, 0.6) is 0 Å². The van der Waals surface area contributed by atoms with E-state index in [-0.39, 0.29) is 5.91 Å². The number of H-pyrrole nitrogens is 1. The molecule has 3 N–H and O–H groups in total. The predicted molar refractivity (Wildman–Crippen MR) is 67.0 cm³/mol. The maximum Gasteiger partial charge on any atom is 0.273 e. The SMILES string of the molecule is CC(=NO)c1cccc(NC(=O)c2ccn[nH]2)c1. The van der Waals surface area contributed by atoms with Gasteiger partial charge in [0.05, 0.1) is 5.71 Å². The zero-order chi connectivity index (χ0) is 13.0. The number of benzene rings is 1. The van der Waals surface area contributed by atoms with Crippen molar-refractivity contribution in [2.75, 3.05) is 5.32 Å². The third-order valence-electron chi connectivity index (χ3n) is 2.43. The van der Waals surface area contributed by atoms with E-state index >= 15 is 0 Å². The molecule has 0 bridgehead atoms. The van der Waals surface area contributed by atoms with Crippen LogP contribution in [-0.4, -0.2) is 27.0 Å². The highest BCUT2D eigenvalue weighted by molar-refractivity contribution is 6.04. The van der Waals surface area contributed by atoms with Crippen LogP contribution in [0, 0.1) is 0 Å². The van der Waals surface area contributed by atoms with Gasteiger partial charge in [0.15, 0.2) is 0 Å². The zero-order valence-corrected chi connectivity index (χ0v) is 9.71. The van der Waals surface area contributed by atoms with E-state index in [1.54, 1.807) is 37.3 Å². The number of nitrogens with zero attached hydrogens (tertiary/aromatic N) is 2. The molecule has 1 heterocycles. The van der Waals surface area contributed by atoms with Gasteiger partial charge in [-0.25, -0.2) is 0 Å². The van der Waals surface area contributed by atoms with Crippen LogP contribution in [-0.2, 0) is 0 Å². The van der Waals surface area contributed by atoms with E-state index < -0.39 is 0 Å². The summed E-state index contributed by atoms with van der Waals surface area (Å²) in [6.07, 6.45) is 1.51. The van der Waals surface area contributed by atoms with Gasteiger partial charge in [0.2, 0.25) is 0 Å². The van der Waals surface area contributed by atoms with E-state index in [4.69, 9.17) is 5.21 Å². The first-order valence-corrected chi connectivity index (χ1v) is 5.30. The molecule has 0 aliphatic heterocycles. The monoisotopic (exact) mass is 244 g/mol. The summed E-state index contributed by atoms with van der Waals surface area (Å²) in [6.45, 7) is 1.68. The average Bonchev–Trinajstić information content (AvgIpc) is 2.92. The second-order valence-corrected chi connectivity index (χ2v) is 3.69. The smallest absolute Gasteiger partial charge is 0.273 e. The molecule has 6 nitrogen and oxygen atoms in total. The van der Waals surface area contributed by atoms with Gasteiger partial charge in [0.1, 0.15) is 5.69 Å². The maximum absolute atomic E-state index is 11.8. The third-order valence-corrected chi connectivity index (χ3v) is 2.43. The van der Waals surface area contributed by atoms with Gasteiger partial charge in [0.25, 0.3) is 5.91 Å². The molecule has 2 aromatic rings. The number of nitrogens with one attached hydrogen (secondary N) is 2. The van der Waals surface area contributed by atoms with Gasteiger partial charge in [-0.2, -0.15) is 5.10 Å². The number of hydrogen-bond acceptors (Lipinski definition) is 4. The number of anilines is 1. The Morgan fingerprint density at radius 1 is 1.44 bits per heavy atom. The van der Waals surface area contributed by atoms with E-state index in [1.807, 2.05) is 0 Å². The minimum absolute atomic E-state index is 0.275. The molecule has 1 aromatic heterocycles. The Bertz CT molecular complexity index is 576. The Labute approximate surface area is 103 Å². The van der Waals surface area contributed by atoms with Crippen molar-refractivity contribution < 1.29 is 10.0 Å². The average molecular weight is 244 g/mol. The molecular weight excluding hydrogens is 232 g/mol. The van der Waals surface area contributed by atoms with Crippen LogP contribution >= 0.6 is 0 Å². The molecule has 6 heteroatoms. The first kappa shape index (κ1) is 11.8. The van der Waals surface area contributed by atoms with Crippen molar-refractivity contribution in [3.05, 3.63) is 47.8 Å². The molecule has 1 amide bonds. The molecular formula is C12H12N4O2. The number of aromatic amines is 1. The summed E-state index contributed by atoms with van der Waals surface area (Å²) in [7, 11) is 0. The molecule has 0 aliphatic carbocycles. The van der Waals surface area contributed by atoms with E-state index in [9.17, 15) is 4.79 Å². The van der Waals surface area contributed by atoms with E-state index in [0.717, 1.165) is 5.56 Å². The zero-order valence-electron chi connectivity index (χ0n) is 9.71. The van der Waals surface area contributed by atoms with Gasteiger partial charge in [-0.15, -0.1) is 0 Å². The second kappa shape index (κ2) is 5.13. The van der Waals surface area contributed by atoms with Crippen molar-refractivity contribution in [3.63, 3.8) is 0 Å². The molecule has 0 spiro atoms. The van der Waals surface area contributed by atoms with Crippen LogP contribution in [0.1, 0.15) is 23.0 Å². The fourth-order valence-electron chi connectivity index (χ4n) is 1.46. The molecule has 92 valence electrons. The number of amides is 1. The minimum atomic E-state index is -0.275. The standard InChI is InChI=1S/C12H12N4O2/c1-8(16-18)9-3-2-4-10(7-9)14-12(17)11-5-6-13-15-11/h2-7,18H,1H3,(H,13,15)(H,14,17). The fourth-order valence-corrected chi connectivity index (χ4v) is 1.46. The molecule has 1 aromatic carbocycles. The Balaban J connectivity index is 2.17. The van der Waals surface area contributed by atoms with Crippen LogP contribution in [0.2, 0.25) is 0 Å². The maximum atomic E-state index is 11.8. The fraction of sp³-hybridized carbons (Fsp3) is 0.0833.